The van der Waals surface area contributed by atoms with Gasteiger partial charge in [-0.05, 0) is 37.5 Å². The van der Waals surface area contributed by atoms with E-state index in [1.807, 2.05) is 0 Å². The number of rotatable bonds is 2. The van der Waals surface area contributed by atoms with Crippen molar-refractivity contribution in [1.82, 2.24) is 0 Å². The van der Waals surface area contributed by atoms with Crippen LogP contribution in [0, 0.1) is 17.3 Å². The lowest BCUT2D eigenvalue weighted by Gasteiger charge is -2.42. The smallest absolute Gasteiger partial charge is 0.309 e. The van der Waals surface area contributed by atoms with Gasteiger partial charge >= 0.3 is 5.97 Å². The summed E-state index contributed by atoms with van der Waals surface area (Å²) in [5.74, 6) is 0.672. The summed E-state index contributed by atoms with van der Waals surface area (Å²) in [6.07, 6.45) is 12.7. The Labute approximate surface area is 111 Å². The molecule has 0 spiro atoms. The summed E-state index contributed by atoms with van der Waals surface area (Å²) in [4.78, 5) is 11.9. The van der Waals surface area contributed by atoms with E-state index in [4.69, 9.17) is 0 Å². The second kappa shape index (κ2) is 6.08. The first-order valence-electron chi connectivity index (χ1n) is 7.88. The van der Waals surface area contributed by atoms with Crippen LogP contribution in [0.5, 0.6) is 0 Å². The Kier molecular flexibility index (Phi) is 4.69. The van der Waals surface area contributed by atoms with Gasteiger partial charge in [-0.1, -0.05) is 51.9 Å². The Bertz CT molecular complexity index is 277. The topological polar surface area (TPSA) is 37.3 Å². The molecule has 0 heterocycles. The van der Waals surface area contributed by atoms with Crippen molar-refractivity contribution in [1.29, 1.82) is 0 Å². The van der Waals surface area contributed by atoms with E-state index in [9.17, 15) is 9.90 Å². The van der Waals surface area contributed by atoms with E-state index in [1.54, 1.807) is 0 Å². The molecule has 2 unspecified atom stereocenters. The van der Waals surface area contributed by atoms with Crippen LogP contribution in [-0.4, -0.2) is 11.1 Å². The summed E-state index contributed by atoms with van der Waals surface area (Å²) in [7, 11) is 0. The fraction of sp³-hybridized carbons (Fsp3) is 0.938. The third-order valence-electron chi connectivity index (χ3n) is 5.39. The standard InChI is InChI=1S/C16H28O2/c1-13-8-7-9-14(12-13)16(15(17)18)10-5-3-2-4-6-11-16/h13-14H,2-12H2,1H3,(H,17,18). The highest BCUT2D eigenvalue weighted by atomic mass is 16.4. The molecule has 0 aromatic heterocycles. The van der Waals surface area contributed by atoms with Gasteiger partial charge in [-0.25, -0.2) is 0 Å². The summed E-state index contributed by atoms with van der Waals surface area (Å²) in [6.45, 7) is 2.30. The second-order valence-electron chi connectivity index (χ2n) is 6.70. The number of carboxylic acids is 1. The number of carboxylic acid groups (broad SMARTS) is 1. The van der Waals surface area contributed by atoms with Crippen LogP contribution in [0.25, 0.3) is 0 Å². The molecule has 0 radical (unpaired) electrons. The van der Waals surface area contributed by atoms with Gasteiger partial charge in [-0.3, -0.25) is 4.79 Å². The van der Waals surface area contributed by atoms with Gasteiger partial charge in [0.05, 0.1) is 5.41 Å². The van der Waals surface area contributed by atoms with Gasteiger partial charge < -0.3 is 5.11 Å². The van der Waals surface area contributed by atoms with Crippen molar-refractivity contribution in [3.63, 3.8) is 0 Å². The molecular weight excluding hydrogens is 224 g/mol. The van der Waals surface area contributed by atoms with E-state index in [1.165, 1.54) is 32.1 Å². The molecule has 104 valence electrons. The Morgan fingerprint density at radius 3 is 2.17 bits per heavy atom. The van der Waals surface area contributed by atoms with Crippen LogP contribution in [0.3, 0.4) is 0 Å². The van der Waals surface area contributed by atoms with E-state index >= 15 is 0 Å². The summed E-state index contributed by atoms with van der Waals surface area (Å²) >= 11 is 0. The molecule has 1 N–H and O–H groups in total. The molecule has 2 saturated carbocycles. The highest BCUT2D eigenvalue weighted by Gasteiger charge is 2.45. The zero-order chi connectivity index (χ0) is 13.0. The van der Waals surface area contributed by atoms with E-state index in [0.29, 0.717) is 5.92 Å². The minimum absolute atomic E-state index is 0.380. The van der Waals surface area contributed by atoms with Crippen molar-refractivity contribution in [3.05, 3.63) is 0 Å². The molecular formula is C16H28O2. The average Bonchev–Trinajstić information content (AvgIpc) is 2.28. The van der Waals surface area contributed by atoms with Crippen LogP contribution >= 0.6 is 0 Å². The molecule has 2 nitrogen and oxygen atoms in total. The first-order valence-corrected chi connectivity index (χ1v) is 7.88. The number of hydrogen-bond acceptors (Lipinski definition) is 1. The SMILES string of the molecule is CC1CCCC(C2(C(=O)O)CCCCCCC2)C1. The number of carbonyl (C=O) groups is 1. The molecule has 0 aliphatic heterocycles. The van der Waals surface area contributed by atoms with Gasteiger partial charge in [0.15, 0.2) is 0 Å². The highest BCUT2D eigenvalue weighted by Crippen LogP contribution is 2.48. The lowest BCUT2D eigenvalue weighted by molar-refractivity contribution is -0.156. The fourth-order valence-corrected chi connectivity index (χ4v) is 4.27. The quantitative estimate of drug-likeness (QED) is 0.778. The zero-order valence-electron chi connectivity index (χ0n) is 11.8. The van der Waals surface area contributed by atoms with Crippen molar-refractivity contribution >= 4 is 5.97 Å². The summed E-state index contributed by atoms with van der Waals surface area (Å²) in [6, 6.07) is 0. The van der Waals surface area contributed by atoms with Crippen molar-refractivity contribution in [2.45, 2.75) is 77.6 Å². The second-order valence-corrected chi connectivity index (χ2v) is 6.70. The molecule has 0 amide bonds. The average molecular weight is 252 g/mol. The maximum Gasteiger partial charge on any atom is 0.309 e. The molecule has 18 heavy (non-hydrogen) atoms. The molecule has 0 aromatic carbocycles. The third kappa shape index (κ3) is 2.89. The van der Waals surface area contributed by atoms with Crippen LogP contribution in [0.2, 0.25) is 0 Å². The van der Waals surface area contributed by atoms with Crippen LogP contribution < -0.4 is 0 Å². The van der Waals surface area contributed by atoms with E-state index in [2.05, 4.69) is 6.92 Å². The van der Waals surface area contributed by atoms with Gasteiger partial charge in [0, 0.05) is 0 Å². The predicted octanol–water partition coefficient (Wildman–Crippen LogP) is 4.63. The maximum atomic E-state index is 11.9. The molecule has 0 aromatic rings. The van der Waals surface area contributed by atoms with E-state index in [-0.39, 0.29) is 5.41 Å². The first kappa shape index (κ1) is 13.9. The normalized spacial score (nSPS) is 33.4. The molecule has 2 atom stereocenters. The lowest BCUT2D eigenvalue weighted by atomic mass is 9.61. The van der Waals surface area contributed by atoms with Crippen molar-refractivity contribution in [2.75, 3.05) is 0 Å². The van der Waals surface area contributed by atoms with Crippen LogP contribution in [-0.2, 0) is 4.79 Å². The Hall–Kier alpha value is -0.530. The molecule has 2 fully saturated rings. The minimum Gasteiger partial charge on any atom is -0.481 e. The lowest BCUT2D eigenvalue weighted by Crippen LogP contribution is -2.41. The molecule has 0 bridgehead atoms. The predicted molar refractivity (Wildman–Crippen MR) is 73.5 cm³/mol. The third-order valence-corrected chi connectivity index (χ3v) is 5.39. The summed E-state index contributed by atoms with van der Waals surface area (Å²) < 4.78 is 0. The fourth-order valence-electron chi connectivity index (χ4n) is 4.27. The monoisotopic (exact) mass is 252 g/mol. The summed E-state index contributed by atoms with van der Waals surface area (Å²) in [5.41, 5.74) is -0.380. The van der Waals surface area contributed by atoms with Gasteiger partial charge in [-0.2, -0.15) is 0 Å². The molecule has 2 rings (SSSR count). The van der Waals surface area contributed by atoms with Crippen molar-refractivity contribution < 1.29 is 9.90 Å². The van der Waals surface area contributed by atoms with Crippen LogP contribution in [0.15, 0.2) is 0 Å². The van der Waals surface area contributed by atoms with Crippen molar-refractivity contribution in [2.24, 2.45) is 17.3 Å². The number of aliphatic carboxylic acids is 1. The Balaban J connectivity index is 2.15. The van der Waals surface area contributed by atoms with Gasteiger partial charge in [0.2, 0.25) is 0 Å². The Morgan fingerprint density at radius 1 is 1.00 bits per heavy atom. The van der Waals surface area contributed by atoms with Crippen LogP contribution in [0.4, 0.5) is 0 Å². The van der Waals surface area contributed by atoms with Crippen LogP contribution in [0.1, 0.15) is 77.6 Å². The van der Waals surface area contributed by atoms with E-state index in [0.717, 1.165) is 44.4 Å². The summed E-state index contributed by atoms with van der Waals surface area (Å²) in [5, 5.41) is 9.84. The molecule has 2 aliphatic rings. The molecule has 2 aliphatic carbocycles. The molecule has 2 heteroatoms. The molecule has 0 saturated heterocycles. The minimum atomic E-state index is -0.497. The van der Waals surface area contributed by atoms with Crippen molar-refractivity contribution in [3.8, 4) is 0 Å². The van der Waals surface area contributed by atoms with Gasteiger partial charge in [0.25, 0.3) is 0 Å². The zero-order valence-corrected chi connectivity index (χ0v) is 11.8. The maximum absolute atomic E-state index is 11.9. The van der Waals surface area contributed by atoms with Gasteiger partial charge in [0.1, 0.15) is 0 Å². The van der Waals surface area contributed by atoms with E-state index < -0.39 is 5.97 Å². The highest BCUT2D eigenvalue weighted by molar-refractivity contribution is 5.75. The first-order chi connectivity index (χ1) is 8.65. The van der Waals surface area contributed by atoms with Gasteiger partial charge in [-0.15, -0.1) is 0 Å². The Morgan fingerprint density at radius 2 is 1.61 bits per heavy atom. The largest absolute Gasteiger partial charge is 0.481 e. The number of hydrogen-bond donors (Lipinski definition) is 1.